The largest absolute Gasteiger partial charge is 0.379 e. The minimum Gasteiger partial charge on any atom is -0.379 e. The van der Waals surface area contributed by atoms with Gasteiger partial charge in [0.05, 0.1) is 17.1 Å². The van der Waals surface area contributed by atoms with Crippen LogP contribution in [-0.4, -0.2) is 16.2 Å². The molecular weight excluding hydrogens is 174 g/mol. The van der Waals surface area contributed by atoms with Gasteiger partial charge in [0.15, 0.2) is 0 Å². The molecule has 3 unspecified atom stereocenters. The molecule has 14 heavy (non-hydrogen) atoms. The molecule has 2 N–H and O–H groups in total. The fraction of sp³-hybridized carbons (Fsp3) is 0.727. The smallest absolute Gasteiger partial charge is 0.0825 e. The molecule has 1 aliphatic carbocycles. The Morgan fingerprint density at radius 3 is 2.57 bits per heavy atom. The molecular formula is C11H19N3. The van der Waals surface area contributed by atoms with E-state index in [-0.39, 0.29) is 0 Å². The maximum absolute atomic E-state index is 4.18. The summed E-state index contributed by atoms with van der Waals surface area (Å²) in [5.74, 6) is 1.74. The van der Waals surface area contributed by atoms with E-state index in [9.17, 15) is 0 Å². The van der Waals surface area contributed by atoms with Crippen LogP contribution in [0.25, 0.3) is 0 Å². The zero-order valence-corrected chi connectivity index (χ0v) is 9.39. The number of rotatable bonds is 3. The maximum atomic E-state index is 4.18. The van der Waals surface area contributed by atoms with Gasteiger partial charge in [0.1, 0.15) is 0 Å². The fourth-order valence-electron chi connectivity index (χ4n) is 2.15. The number of anilines is 1. The van der Waals surface area contributed by atoms with Gasteiger partial charge in [-0.1, -0.05) is 6.92 Å². The van der Waals surface area contributed by atoms with Crippen molar-refractivity contribution in [2.45, 2.75) is 40.2 Å². The average Bonchev–Trinajstić information content (AvgIpc) is 2.79. The maximum Gasteiger partial charge on any atom is 0.0825 e. The fourth-order valence-corrected chi connectivity index (χ4v) is 2.15. The van der Waals surface area contributed by atoms with Gasteiger partial charge in [0.2, 0.25) is 0 Å². The van der Waals surface area contributed by atoms with Crippen molar-refractivity contribution in [1.82, 2.24) is 10.2 Å². The minimum absolute atomic E-state index is 0.569. The number of aryl methyl sites for hydroxylation is 2. The van der Waals surface area contributed by atoms with E-state index in [1.165, 1.54) is 12.1 Å². The Labute approximate surface area is 85.3 Å². The zero-order valence-electron chi connectivity index (χ0n) is 9.39. The Hall–Kier alpha value is -0.990. The monoisotopic (exact) mass is 193 g/mol. The second kappa shape index (κ2) is 3.30. The summed E-state index contributed by atoms with van der Waals surface area (Å²) >= 11 is 0. The minimum atomic E-state index is 0.569. The summed E-state index contributed by atoms with van der Waals surface area (Å²) in [5.41, 5.74) is 3.40. The van der Waals surface area contributed by atoms with Crippen molar-refractivity contribution in [3.63, 3.8) is 0 Å². The molecule has 1 aromatic rings. The Kier molecular flexibility index (Phi) is 2.25. The van der Waals surface area contributed by atoms with E-state index in [2.05, 4.69) is 36.3 Å². The first-order valence-corrected chi connectivity index (χ1v) is 5.37. The zero-order chi connectivity index (χ0) is 10.3. The molecule has 3 atom stereocenters. The van der Waals surface area contributed by atoms with Crippen molar-refractivity contribution in [3.8, 4) is 0 Å². The molecule has 0 aromatic carbocycles. The molecule has 1 aromatic heterocycles. The van der Waals surface area contributed by atoms with Crippen LogP contribution in [0.3, 0.4) is 0 Å². The lowest BCUT2D eigenvalue weighted by molar-refractivity contribution is 0.644. The van der Waals surface area contributed by atoms with Gasteiger partial charge in [-0.2, -0.15) is 5.10 Å². The number of hydrogen-bond donors (Lipinski definition) is 2. The van der Waals surface area contributed by atoms with Gasteiger partial charge < -0.3 is 5.32 Å². The second-order valence-electron chi connectivity index (χ2n) is 4.62. The summed E-state index contributed by atoms with van der Waals surface area (Å²) in [7, 11) is 0. The number of nitrogens with zero attached hydrogens (tertiary/aromatic N) is 1. The third kappa shape index (κ3) is 1.63. The highest BCUT2D eigenvalue weighted by molar-refractivity contribution is 5.52. The molecule has 1 saturated carbocycles. The number of hydrogen-bond acceptors (Lipinski definition) is 2. The van der Waals surface area contributed by atoms with Crippen LogP contribution in [0.5, 0.6) is 0 Å². The van der Waals surface area contributed by atoms with Gasteiger partial charge in [-0.3, -0.25) is 5.10 Å². The quantitative estimate of drug-likeness (QED) is 0.774. The molecule has 0 saturated heterocycles. The predicted octanol–water partition coefficient (Wildman–Crippen LogP) is 2.48. The highest BCUT2D eigenvalue weighted by Gasteiger charge is 2.37. The molecule has 3 nitrogen and oxygen atoms in total. The Balaban J connectivity index is 2.03. The molecule has 1 fully saturated rings. The van der Waals surface area contributed by atoms with Crippen LogP contribution in [0, 0.1) is 25.7 Å². The first-order chi connectivity index (χ1) is 6.59. The van der Waals surface area contributed by atoms with E-state index >= 15 is 0 Å². The Bertz CT molecular complexity index is 310. The summed E-state index contributed by atoms with van der Waals surface area (Å²) in [5, 5.41) is 10.7. The number of aromatic amines is 1. The topological polar surface area (TPSA) is 40.7 Å². The van der Waals surface area contributed by atoms with E-state index in [0.29, 0.717) is 6.04 Å². The van der Waals surface area contributed by atoms with Gasteiger partial charge in [-0.25, -0.2) is 0 Å². The number of nitrogens with one attached hydrogen (secondary N) is 2. The van der Waals surface area contributed by atoms with Crippen LogP contribution in [0.2, 0.25) is 0 Å². The molecule has 78 valence electrons. The van der Waals surface area contributed by atoms with Crippen LogP contribution in [0.4, 0.5) is 5.69 Å². The van der Waals surface area contributed by atoms with Crippen molar-refractivity contribution in [2.24, 2.45) is 11.8 Å². The van der Waals surface area contributed by atoms with Gasteiger partial charge in [0.25, 0.3) is 0 Å². The van der Waals surface area contributed by atoms with Crippen molar-refractivity contribution < 1.29 is 0 Å². The van der Waals surface area contributed by atoms with Gasteiger partial charge in [0, 0.05) is 6.04 Å². The molecule has 0 bridgehead atoms. The molecule has 2 rings (SSSR count). The lowest BCUT2D eigenvalue weighted by atomic mass is 10.1. The van der Waals surface area contributed by atoms with Crippen molar-refractivity contribution >= 4 is 5.69 Å². The van der Waals surface area contributed by atoms with E-state index in [0.717, 1.165) is 23.2 Å². The van der Waals surface area contributed by atoms with Crippen molar-refractivity contribution in [3.05, 3.63) is 11.4 Å². The van der Waals surface area contributed by atoms with Gasteiger partial charge >= 0.3 is 0 Å². The Morgan fingerprint density at radius 2 is 2.14 bits per heavy atom. The first kappa shape index (κ1) is 9.56. The van der Waals surface area contributed by atoms with Crippen molar-refractivity contribution in [2.75, 3.05) is 5.32 Å². The van der Waals surface area contributed by atoms with Crippen LogP contribution in [0.1, 0.15) is 31.7 Å². The second-order valence-corrected chi connectivity index (χ2v) is 4.62. The molecule has 0 spiro atoms. The Morgan fingerprint density at radius 1 is 1.50 bits per heavy atom. The van der Waals surface area contributed by atoms with Crippen LogP contribution in [0.15, 0.2) is 0 Å². The lowest BCUT2D eigenvalue weighted by Crippen LogP contribution is -2.19. The standard InChI is InChI=1S/C11H19N3/c1-6-5-10(6)7(2)12-11-8(3)13-14-9(11)4/h6-7,10,12H,5H2,1-4H3,(H,13,14). The summed E-state index contributed by atoms with van der Waals surface area (Å²) in [6, 6.07) is 0.569. The van der Waals surface area contributed by atoms with Crippen LogP contribution >= 0.6 is 0 Å². The third-order valence-electron chi connectivity index (χ3n) is 3.31. The number of H-pyrrole nitrogens is 1. The van der Waals surface area contributed by atoms with Crippen molar-refractivity contribution in [1.29, 1.82) is 0 Å². The highest BCUT2D eigenvalue weighted by Crippen LogP contribution is 2.41. The molecule has 1 heterocycles. The highest BCUT2D eigenvalue weighted by atomic mass is 15.2. The average molecular weight is 193 g/mol. The predicted molar refractivity (Wildman–Crippen MR) is 58.4 cm³/mol. The van der Waals surface area contributed by atoms with E-state index in [1.54, 1.807) is 0 Å². The van der Waals surface area contributed by atoms with Crippen LogP contribution in [-0.2, 0) is 0 Å². The van der Waals surface area contributed by atoms with Gasteiger partial charge in [-0.15, -0.1) is 0 Å². The van der Waals surface area contributed by atoms with E-state index in [4.69, 9.17) is 0 Å². The third-order valence-corrected chi connectivity index (χ3v) is 3.31. The molecule has 0 radical (unpaired) electrons. The summed E-state index contributed by atoms with van der Waals surface area (Å²) in [6.45, 7) is 8.68. The molecule has 3 heteroatoms. The van der Waals surface area contributed by atoms with Crippen LogP contribution < -0.4 is 5.32 Å². The number of aromatic nitrogens is 2. The van der Waals surface area contributed by atoms with E-state index in [1.807, 2.05) is 6.92 Å². The van der Waals surface area contributed by atoms with Gasteiger partial charge in [-0.05, 0) is 39.0 Å². The van der Waals surface area contributed by atoms with E-state index < -0.39 is 0 Å². The summed E-state index contributed by atoms with van der Waals surface area (Å²) in [6.07, 6.45) is 1.37. The normalized spacial score (nSPS) is 27.4. The summed E-state index contributed by atoms with van der Waals surface area (Å²) in [4.78, 5) is 0. The molecule has 0 aliphatic heterocycles. The SMILES string of the molecule is Cc1n[nH]c(C)c1NC(C)C1CC1C. The first-order valence-electron chi connectivity index (χ1n) is 5.37. The molecule has 0 amide bonds. The molecule has 1 aliphatic rings. The lowest BCUT2D eigenvalue weighted by Gasteiger charge is -2.14. The summed E-state index contributed by atoms with van der Waals surface area (Å²) < 4.78 is 0.